The number of nitrogens with one attached hydrogen (secondary N) is 1. The Morgan fingerprint density at radius 1 is 0.926 bits per heavy atom. The molecule has 2 aromatic carbocycles. The fraction of sp³-hybridized carbons (Fsp3) is 0.381. The largest absolute Gasteiger partial charge is 0.490 e. The van der Waals surface area contributed by atoms with Crippen molar-refractivity contribution in [2.24, 2.45) is 0 Å². The van der Waals surface area contributed by atoms with Crippen LogP contribution in [0, 0.1) is 0 Å². The first-order valence-electron chi connectivity index (χ1n) is 9.20. The molecule has 0 fully saturated rings. The number of hydrogen-bond donors (Lipinski definition) is 1. The van der Waals surface area contributed by atoms with Crippen LogP contribution < -0.4 is 19.5 Å². The Morgan fingerprint density at radius 2 is 1.52 bits per heavy atom. The van der Waals surface area contributed by atoms with E-state index in [4.69, 9.17) is 14.2 Å². The normalized spacial score (nSPS) is 10.4. The van der Waals surface area contributed by atoms with Crippen molar-refractivity contribution in [3.05, 3.63) is 45.9 Å². The van der Waals surface area contributed by atoms with Crippen molar-refractivity contribution < 1.29 is 19.0 Å². The summed E-state index contributed by atoms with van der Waals surface area (Å²) in [6.07, 6.45) is 0.932. The molecule has 0 aliphatic heterocycles. The van der Waals surface area contributed by atoms with Crippen LogP contribution in [0.15, 0.2) is 34.8 Å². The molecule has 0 radical (unpaired) electrons. The predicted molar refractivity (Wildman–Crippen MR) is 111 cm³/mol. The zero-order valence-electron chi connectivity index (χ0n) is 16.2. The van der Waals surface area contributed by atoms with E-state index in [-0.39, 0.29) is 5.91 Å². The lowest BCUT2D eigenvalue weighted by atomic mass is 10.1. The summed E-state index contributed by atoms with van der Waals surface area (Å²) in [4.78, 5) is 12.8. The second kappa shape index (κ2) is 10.2. The number of rotatable bonds is 9. The van der Waals surface area contributed by atoms with Crippen LogP contribution >= 0.6 is 15.9 Å². The molecule has 5 nitrogen and oxygen atoms in total. The van der Waals surface area contributed by atoms with Crippen LogP contribution in [-0.4, -0.2) is 25.7 Å². The van der Waals surface area contributed by atoms with Gasteiger partial charge < -0.3 is 19.5 Å². The first kappa shape index (κ1) is 21.1. The fourth-order valence-electron chi connectivity index (χ4n) is 2.59. The average Bonchev–Trinajstić information content (AvgIpc) is 2.66. The van der Waals surface area contributed by atoms with E-state index in [0.29, 0.717) is 48.3 Å². The molecule has 2 aromatic rings. The number of halogens is 1. The molecule has 0 aliphatic carbocycles. The molecule has 0 atom stereocenters. The number of carbonyl (C=O) groups excluding carboxylic acids is 1. The Balaban J connectivity index is 2.36. The van der Waals surface area contributed by atoms with Gasteiger partial charge in [0.2, 0.25) is 5.75 Å². The van der Waals surface area contributed by atoms with E-state index < -0.39 is 0 Å². The maximum atomic E-state index is 12.8. The minimum atomic E-state index is -0.245. The van der Waals surface area contributed by atoms with Crippen molar-refractivity contribution in [3.8, 4) is 17.2 Å². The van der Waals surface area contributed by atoms with Crippen LogP contribution in [0.4, 0.5) is 5.69 Å². The van der Waals surface area contributed by atoms with Gasteiger partial charge in [0.1, 0.15) is 0 Å². The zero-order chi connectivity index (χ0) is 19.8. The minimum Gasteiger partial charge on any atom is -0.490 e. The third-order valence-corrected chi connectivity index (χ3v) is 4.52. The first-order chi connectivity index (χ1) is 13.0. The summed E-state index contributed by atoms with van der Waals surface area (Å²) in [6.45, 7) is 9.14. The topological polar surface area (TPSA) is 56.8 Å². The highest BCUT2D eigenvalue weighted by molar-refractivity contribution is 9.10. The van der Waals surface area contributed by atoms with Gasteiger partial charge in [0.15, 0.2) is 11.5 Å². The van der Waals surface area contributed by atoms with E-state index in [2.05, 4.69) is 28.2 Å². The highest BCUT2D eigenvalue weighted by atomic mass is 79.9. The van der Waals surface area contributed by atoms with Gasteiger partial charge in [0.25, 0.3) is 5.91 Å². The molecule has 0 spiro atoms. The monoisotopic (exact) mass is 435 g/mol. The van der Waals surface area contributed by atoms with Crippen LogP contribution in [0.2, 0.25) is 0 Å². The van der Waals surface area contributed by atoms with Crippen molar-refractivity contribution in [1.82, 2.24) is 0 Å². The third kappa shape index (κ3) is 5.39. The Hall–Kier alpha value is -2.21. The minimum absolute atomic E-state index is 0.245. The molecule has 27 heavy (non-hydrogen) atoms. The summed E-state index contributed by atoms with van der Waals surface area (Å²) >= 11 is 3.52. The first-order valence-corrected chi connectivity index (χ1v) is 9.99. The van der Waals surface area contributed by atoms with Gasteiger partial charge in [-0.15, -0.1) is 0 Å². The number of anilines is 1. The highest BCUT2D eigenvalue weighted by Gasteiger charge is 2.19. The number of aryl methyl sites for hydroxylation is 1. The Bertz CT molecular complexity index is 765. The van der Waals surface area contributed by atoms with Crippen LogP contribution in [0.3, 0.4) is 0 Å². The molecule has 0 bridgehead atoms. The van der Waals surface area contributed by atoms with Gasteiger partial charge in [-0.05, 0) is 73.0 Å². The molecule has 0 heterocycles. The van der Waals surface area contributed by atoms with Crippen molar-refractivity contribution in [1.29, 1.82) is 0 Å². The molecule has 0 saturated heterocycles. The Morgan fingerprint density at radius 3 is 2.00 bits per heavy atom. The van der Waals surface area contributed by atoms with Crippen molar-refractivity contribution >= 4 is 27.5 Å². The van der Waals surface area contributed by atoms with E-state index in [1.165, 1.54) is 5.56 Å². The lowest BCUT2D eigenvalue weighted by molar-refractivity contribution is 0.102. The predicted octanol–water partition coefficient (Wildman–Crippen LogP) is 5.46. The fourth-order valence-corrected chi connectivity index (χ4v) is 3.12. The SMILES string of the molecule is CCOc1cc(C(=O)Nc2ccc(CC)cc2Br)cc(OCC)c1OCC. The molecule has 2 rings (SSSR count). The van der Waals surface area contributed by atoms with E-state index >= 15 is 0 Å². The molecule has 146 valence electrons. The Kier molecular flexibility index (Phi) is 7.98. The van der Waals surface area contributed by atoms with Crippen molar-refractivity contribution in [3.63, 3.8) is 0 Å². The summed E-state index contributed by atoms with van der Waals surface area (Å²) in [5.74, 6) is 1.27. The highest BCUT2D eigenvalue weighted by Crippen LogP contribution is 2.39. The van der Waals surface area contributed by atoms with E-state index in [9.17, 15) is 4.79 Å². The molecular weight excluding hydrogens is 410 g/mol. The maximum Gasteiger partial charge on any atom is 0.255 e. The maximum absolute atomic E-state index is 12.8. The number of benzene rings is 2. The molecule has 1 amide bonds. The standard InChI is InChI=1S/C21H26BrNO4/c1-5-14-9-10-17(16(22)11-14)23-21(24)15-12-18(25-6-2)20(27-8-4)19(13-15)26-7-3/h9-13H,5-8H2,1-4H3,(H,23,24). The smallest absolute Gasteiger partial charge is 0.255 e. The van der Waals surface area contributed by atoms with Crippen LogP contribution in [0.5, 0.6) is 17.2 Å². The summed E-state index contributed by atoms with van der Waals surface area (Å²) in [5.41, 5.74) is 2.34. The summed E-state index contributed by atoms with van der Waals surface area (Å²) in [5, 5.41) is 2.93. The van der Waals surface area contributed by atoms with Gasteiger partial charge in [0, 0.05) is 10.0 Å². The molecule has 0 unspecified atom stereocenters. The van der Waals surface area contributed by atoms with Crippen LogP contribution in [-0.2, 0) is 6.42 Å². The molecule has 0 aliphatic rings. The van der Waals surface area contributed by atoms with Gasteiger partial charge >= 0.3 is 0 Å². The van der Waals surface area contributed by atoms with E-state index in [1.54, 1.807) is 12.1 Å². The second-order valence-corrected chi connectivity index (χ2v) is 6.58. The van der Waals surface area contributed by atoms with Crippen molar-refractivity contribution in [2.45, 2.75) is 34.1 Å². The van der Waals surface area contributed by atoms with Gasteiger partial charge in [0.05, 0.1) is 25.5 Å². The molecular formula is C21H26BrNO4. The lowest BCUT2D eigenvalue weighted by Gasteiger charge is -2.17. The quantitative estimate of drug-likeness (QED) is 0.567. The lowest BCUT2D eigenvalue weighted by Crippen LogP contribution is -2.14. The van der Waals surface area contributed by atoms with Gasteiger partial charge in [-0.1, -0.05) is 13.0 Å². The number of hydrogen-bond acceptors (Lipinski definition) is 4. The van der Waals surface area contributed by atoms with Crippen LogP contribution in [0.1, 0.15) is 43.6 Å². The second-order valence-electron chi connectivity index (χ2n) is 5.72. The molecule has 0 saturated carbocycles. The summed E-state index contributed by atoms with van der Waals surface area (Å²) < 4.78 is 17.9. The third-order valence-electron chi connectivity index (χ3n) is 3.86. The van der Waals surface area contributed by atoms with Gasteiger partial charge in [-0.3, -0.25) is 4.79 Å². The van der Waals surface area contributed by atoms with E-state index in [0.717, 1.165) is 10.9 Å². The molecule has 6 heteroatoms. The number of amides is 1. The van der Waals surface area contributed by atoms with Crippen molar-refractivity contribution in [2.75, 3.05) is 25.1 Å². The van der Waals surface area contributed by atoms with E-state index in [1.807, 2.05) is 39.0 Å². The van der Waals surface area contributed by atoms with Gasteiger partial charge in [-0.2, -0.15) is 0 Å². The summed E-state index contributed by atoms with van der Waals surface area (Å²) in [7, 11) is 0. The average molecular weight is 436 g/mol. The number of carbonyl (C=O) groups is 1. The van der Waals surface area contributed by atoms with Crippen LogP contribution in [0.25, 0.3) is 0 Å². The number of ether oxygens (including phenoxy) is 3. The van der Waals surface area contributed by atoms with Gasteiger partial charge in [-0.25, -0.2) is 0 Å². The molecule has 1 N–H and O–H groups in total. The Labute approximate surface area is 169 Å². The summed E-state index contributed by atoms with van der Waals surface area (Å²) in [6, 6.07) is 9.25. The zero-order valence-corrected chi connectivity index (χ0v) is 17.8. The molecule has 0 aromatic heterocycles.